The largest absolute Gasteiger partial charge is 0.503 e. The minimum absolute atomic E-state index is 0.0138. The number of nitrogens with two attached hydrogens (primary N) is 1. The van der Waals surface area contributed by atoms with Crippen molar-refractivity contribution in [1.29, 1.82) is 0 Å². The molecule has 0 amide bonds. The minimum Gasteiger partial charge on any atom is -0.503 e. The SMILES string of the molecule is COc1cc(C(CN)N2CCCC2)cc(Cl)c1O. The van der Waals surface area contributed by atoms with Crippen molar-refractivity contribution in [1.82, 2.24) is 4.90 Å². The molecule has 100 valence electrons. The fraction of sp³-hybridized carbons (Fsp3) is 0.538. The lowest BCUT2D eigenvalue weighted by molar-refractivity contribution is 0.250. The summed E-state index contributed by atoms with van der Waals surface area (Å²) < 4.78 is 5.13. The van der Waals surface area contributed by atoms with Crippen molar-refractivity contribution >= 4 is 11.6 Å². The first-order chi connectivity index (χ1) is 8.67. The molecule has 1 aliphatic rings. The van der Waals surface area contributed by atoms with Crippen LogP contribution in [0.4, 0.5) is 0 Å². The van der Waals surface area contributed by atoms with Crippen LogP contribution in [-0.4, -0.2) is 36.8 Å². The highest BCUT2D eigenvalue weighted by atomic mass is 35.5. The van der Waals surface area contributed by atoms with Gasteiger partial charge in [0, 0.05) is 12.6 Å². The van der Waals surface area contributed by atoms with Crippen molar-refractivity contribution in [3.8, 4) is 11.5 Å². The third-order valence-electron chi connectivity index (χ3n) is 3.46. The zero-order chi connectivity index (χ0) is 13.1. The number of hydrogen-bond donors (Lipinski definition) is 2. The molecule has 18 heavy (non-hydrogen) atoms. The van der Waals surface area contributed by atoms with E-state index in [1.54, 1.807) is 6.07 Å². The Morgan fingerprint density at radius 1 is 1.44 bits per heavy atom. The van der Waals surface area contributed by atoms with Crippen molar-refractivity contribution in [3.63, 3.8) is 0 Å². The molecule has 5 heteroatoms. The van der Waals surface area contributed by atoms with Crippen LogP contribution in [0.5, 0.6) is 11.5 Å². The normalized spacial score (nSPS) is 17.9. The molecule has 2 rings (SSSR count). The predicted octanol–water partition coefficient (Wildman–Crippen LogP) is 2.15. The van der Waals surface area contributed by atoms with Gasteiger partial charge in [-0.15, -0.1) is 0 Å². The molecule has 4 nitrogen and oxygen atoms in total. The summed E-state index contributed by atoms with van der Waals surface area (Å²) in [4.78, 5) is 2.35. The molecule has 1 fully saturated rings. The van der Waals surface area contributed by atoms with Crippen LogP contribution in [0.3, 0.4) is 0 Å². The molecule has 0 bridgehead atoms. The average Bonchev–Trinajstić information content (AvgIpc) is 2.88. The third kappa shape index (κ3) is 2.55. The van der Waals surface area contributed by atoms with E-state index in [-0.39, 0.29) is 11.8 Å². The van der Waals surface area contributed by atoms with Gasteiger partial charge in [0.2, 0.25) is 0 Å². The van der Waals surface area contributed by atoms with Gasteiger partial charge in [-0.1, -0.05) is 11.6 Å². The number of phenols is 1. The van der Waals surface area contributed by atoms with Crippen LogP contribution in [0.1, 0.15) is 24.4 Å². The Bertz CT molecular complexity index is 420. The minimum atomic E-state index is -0.0138. The Labute approximate surface area is 112 Å². The first-order valence-corrected chi connectivity index (χ1v) is 6.55. The Morgan fingerprint density at radius 3 is 2.67 bits per heavy atom. The van der Waals surface area contributed by atoms with E-state index < -0.39 is 0 Å². The molecule has 1 heterocycles. The van der Waals surface area contributed by atoms with Crippen LogP contribution in [0.25, 0.3) is 0 Å². The summed E-state index contributed by atoms with van der Waals surface area (Å²) >= 11 is 6.02. The lowest BCUT2D eigenvalue weighted by atomic mass is 10.0. The van der Waals surface area contributed by atoms with Crippen molar-refractivity contribution in [3.05, 3.63) is 22.7 Å². The fourth-order valence-electron chi connectivity index (χ4n) is 2.49. The van der Waals surface area contributed by atoms with E-state index in [4.69, 9.17) is 22.1 Å². The van der Waals surface area contributed by atoms with Gasteiger partial charge < -0.3 is 15.6 Å². The van der Waals surface area contributed by atoms with Gasteiger partial charge in [-0.25, -0.2) is 0 Å². The second-order valence-electron chi connectivity index (χ2n) is 4.55. The molecule has 3 N–H and O–H groups in total. The van der Waals surface area contributed by atoms with Crippen LogP contribution < -0.4 is 10.5 Å². The monoisotopic (exact) mass is 270 g/mol. The van der Waals surface area contributed by atoms with Gasteiger partial charge >= 0.3 is 0 Å². The van der Waals surface area contributed by atoms with Gasteiger partial charge in [0.05, 0.1) is 12.1 Å². The number of benzene rings is 1. The van der Waals surface area contributed by atoms with E-state index >= 15 is 0 Å². The Balaban J connectivity index is 2.32. The average molecular weight is 271 g/mol. The molecule has 0 saturated carbocycles. The lowest BCUT2D eigenvalue weighted by Crippen LogP contribution is -2.31. The number of ether oxygens (including phenoxy) is 1. The van der Waals surface area contributed by atoms with Gasteiger partial charge in [-0.3, -0.25) is 4.90 Å². The molecule has 1 saturated heterocycles. The topological polar surface area (TPSA) is 58.7 Å². The number of nitrogens with zero attached hydrogens (tertiary/aromatic N) is 1. The summed E-state index contributed by atoms with van der Waals surface area (Å²) in [5.41, 5.74) is 6.88. The zero-order valence-electron chi connectivity index (χ0n) is 10.5. The van der Waals surface area contributed by atoms with Gasteiger partial charge in [0.1, 0.15) is 0 Å². The predicted molar refractivity (Wildman–Crippen MR) is 72.3 cm³/mol. The Morgan fingerprint density at radius 2 is 2.11 bits per heavy atom. The molecule has 0 aromatic heterocycles. The van der Waals surface area contributed by atoms with Gasteiger partial charge in [0.25, 0.3) is 0 Å². The summed E-state index contributed by atoms with van der Waals surface area (Å²) in [6, 6.07) is 3.73. The summed E-state index contributed by atoms with van der Waals surface area (Å²) in [5.74, 6) is 0.384. The van der Waals surface area contributed by atoms with Gasteiger partial charge in [-0.05, 0) is 43.6 Å². The summed E-state index contributed by atoms with van der Waals surface area (Å²) in [6.07, 6.45) is 2.42. The van der Waals surface area contributed by atoms with E-state index in [1.807, 2.05) is 6.07 Å². The van der Waals surface area contributed by atoms with Crippen molar-refractivity contribution in [2.75, 3.05) is 26.7 Å². The van der Waals surface area contributed by atoms with Crippen LogP contribution in [0.2, 0.25) is 5.02 Å². The second-order valence-corrected chi connectivity index (χ2v) is 4.96. The van der Waals surface area contributed by atoms with E-state index in [1.165, 1.54) is 20.0 Å². The first-order valence-electron chi connectivity index (χ1n) is 6.18. The summed E-state index contributed by atoms with van der Waals surface area (Å²) in [5, 5.41) is 10.0. The van der Waals surface area contributed by atoms with E-state index in [2.05, 4.69) is 4.90 Å². The van der Waals surface area contributed by atoms with Crippen molar-refractivity contribution in [2.45, 2.75) is 18.9 Å². The number of methoxy groups -OCH3 is 1. The first kappa shape index (κ1) is 13.5. The maximum Gasteiger partial charge on any atom is 0.176 e. The highest BCUT2D eigenvalue weighted by Crippen LogP contribution is 2.38. The van der Waals surface area contributed by atoms with E-state index in [0.717, 1.165) is 18.7 Å². The van der Waals surface area contributed by atoms with Crippen LogP contribution in [0.15, 0.2) is 12.1 Å². The molecule has 1 unspecified atom stereocenters. The van der Waals surface area contributed by atoms with Crippen molar-refractivity contribution < 1.29 is 9.84 Å². The molecular weight excluding hydrogens is 252 g/mol. The molecule has 0 aliphatic carbocycles. The number of likely N-dealkylation sites (tertiary alicyclic amines) is 1. The molecule has 1 aromatic carbocycles. The van der Waals surface area contributed by atoms with E-state index in [0.29, 0.717) is 17.3 Å². The summed E-state index contributed by atoms with van der Waals surface area (Å²) in [6.45, 7) is 2.65. The summed E-state index contributed by atoms with van der Waals surface area (Å²) in [7, 11) is 1.52. The number of aromatic hydroxyl groups is 1. The molecule has 1 aromatic rings. The van der Waals surface area contributed by atoms with Crippen LogP contribution in [-0.2, 0) is 0 Å². The Kier molecular flexibility index (Phi) is 4.32. The molecule has 1 atom stereocenters. The maximum atomic E-state index is 9.74. The quantitative estimate of drug-likeness (QED) is 0.880. The van der Waals surface area contributed by atoms with E-state index in [9.17, 15) is 5.11 Å². The lowest BCUT2D eigenvalue weighted by Gasteiger charge is -2.27. The van der Waals surface area contributed by atoms with Crippen molar-refractivity contribution in [2.24, 2.45) is 5.73 Å². The third-order valence-corrected chi connectivity index (χ3v) is 3.75. The maximum absolute atomic E-state index is 9.74. The molecule has 0 radical (unpaired) electrons. The van der Waals surface area contributed by atoms with Crippen LogP contribution in [0, 0.1) is 0 Å². The molecule has 0 spiro atoms. The number of rotatable bonds is 4. The highest BCUT2D eigenvalue weighted by Gasteiger charge is 2.24. The number of halogens is 1. The number of phenolic OH excluding ortho intramolecular Hbond substituents is 1. The van der Waals surface area contributed by atoms with Crippen LogP contribution >= 0.6 is 11.6 Å². The van der Waals surface area contributed by atoms with Gasteiger partial charge in [0.15, 0.2) is 11.5 Å². The zero-order valence-corrected chi connectivity index (χ0v) is 11.3. The number of hydrogen-bond acceptors (Lipinski definition) is 4. The molecule has 1 aliphatic heterocycles. The second kappa shape index (κ2) is 5.78. The standard InChI is InChI=1S/C13H19ClN2O2/c1-18-12-7-9(6-10(14)13(12)17)11(8-15)16-4-2-3-5-16/h6-7,11,17H,2-5,8,15H2,1H3. The highest BCUT2D eigenvalue weighted by molar-refractivity contribution is 6.32. The Hall–Kier alpha value is -0.970. The molecular formula is C13H19ClN2O2. The van der Waals surface area contributed by atoms with Gasteiger partial charge in [-0.2, -0.15) is 0 Å². The smallest absolute Gasteiger partial charge is 0.176 e. The fourth-order valence-corrected chi connectivity index (χ4v) is 2.71.